The summed E-state index contributed by atoms with van der Waals surface area (Å²) in [6.45, 7) is 0.400. The molecular weight excluding hydrogens is 271 g/mol. The van der Waals surface area contributed by atoms with Crippen molar-refractivity contribution < 1.29 is 9.53 Å². The molecular formula is C14H10Cl2O2. The Morgan fingerprint density at radius 2 is 1.72 bits per heavy atom. The van der Waals surface area contributed by atoms with Crippen LogP contribution < -0.4 is 4.74 Å². The summed E-state index contributed by atoms with van der Waals surface area (Å²) in [4.78, 5) is 10.7. The predicted octanol–water partition coefficient (Wildman–Crippen LogP) is 4.38. The molecule has 0 fully saturated rings. The summed E-state index contributed by atoms with van der Waals surface area (Å²) in [7, 11) is 0. The smallest absolute Gasteiger partial charge is 0.151 e. The normalized spacial score (nSPS) is 10.1. The van der Waals surface area contributed by atoms with Crippen molar-refractivity contribution >= 4 is 29.5 Å². The minimum Gasteiger partial charge on any atom is -0.487 e. The van der Waals surface area contributed by atoms with Crippen LogP contribution in [-0.2, 0) is 6.61 Å². The van der Waals surface area contributed by atoms with Crippen molar-refractivity contribution in [3.05, 3.63) is 63.6 Å². The van der Waals surface area contributed by atoms with Crippen LogP contribution in [0.15, 0.2) is 42.5 Å². The zero-order chi connectivity index (χ0) is 13.0. The number of rotatable bonds is 4. The first-order valence-corrected chi connectivity index (χ1v) is 6.08. The van der Waals surface area contributed by atoms with E-state index in [2.05, 4.69) is 0 Å². The third kappa shape index (κ3) is 2.84. The minimum atomic E-state index is 0.220. The molecule has 2 aromatic rings. The van der Waals surface area contributed by atoms with E-state index >= 15 is 0 Å². The molecule has 18 heavy (non-hydrogen) atoms. The van der Waals surface area contributed by atoms with E-state index in [0.29, 0.717) is 24.2 Å². The van der Waals surface area contributed by atoms with E-state index in [1.54, 1.807) is 12.1 Å². The van der Waals surface area contributed by atoms with Gasteiger partial charge in [-0.25, -0.2) is 0 Å². The Hall–Kier alpha value is -1.51. The van der Waals surface area contributed by atoms with E-state index in [-0.39, 0.29) is 10.0 Å². The van der Waals surface area contributed by atoms with Gasteiger partial charge in [-0.1, -0.05) is 53.5 Å². The number of halogens is 2. The Morgan fingerprint density at radius 3 is 2.39 bits per heavy atom. The van der Waals surface area contributed by atoms with Gasteiger partial charge in [0.15, 0.2) is 6.29 Å². The average Bonchev–Trinajstić information content (AvgIpc) is 2.42. The van der Waals surface area contributed by atoms with Crippen molar-refractivity contribution in [3.8, 4) is 5.75 Å². The molecule has 0 heterocycles. The topological polar surface area (TPSA) is 26.3 Å². The Labute approximate surface area is 115 Å². The van der Waals surface area contributed by atoms with Crippen LogP contribution in [0.2, 0.25) is 10.0 Å². The fourth-order valence-electron chi connectivity index (χ4n) is 1.48. The maximum absolute atomic E-state index is 10.7. The molecule has 0 saturated heterocycles. The summed E-state index contributed by atoms with van der Waals surface area (Å²) in [5, 5.41) is 0.481. The highest BCUT2D eigenvalue weighted by Crippen LogP contribution is 2.34. The van der Waals surface area contributed by atoms with Gasteiger partial charge in [0.2, 0.25) is 0 Å². The highest BCUT2D eigenvalue weighted by molar-refractivity contribution is 6.44. The summed E-state index contributed by atoms with van der Waals surface area (Å²) in [5.41, 5.74) is 1.39. The summed E-state index contributed by atoms with van der Waals surface area (Å²) in [5.74, 6) is 0.469. The van der Waals surface area contributed by atoms with Crippen LogP contribution in [0, 0.1) is 0 Å². The van der Waals surface area contributed by atoms with Gasteiger partial charge in [-0.2, -0.15) is 0 Å². The van der Waals surface area contributed by atoms with Gasteiger partial charge in [0.05, 0.1) is 5.02 Å². The van der Waals surface area contributed by atoms with Crippen LogP contribution >= 0.6 is 23.2 Å². The standard InChI is InChI=1S/C14H10Cl2O2/c15-13-11(8-17)6-7-12(14(13)16)18-9-10-4-2-1-3-5-10/h1-8H,9H2. The fourth-order valence-corrected chi connectivity index (χ4v) is 1.91. The first-order chi connectivity index (χ1) is 8.72. The second-order valence-electron chi connectivity index (χ2n) is 3.67. The van der Waals surface area contributed by atoms with E-state index in [9.17, 15) is 4.79 Å². The summed E-state index contributed by atoms with van der Waals surface area (Å²) in [6, 6.07) is 12.9. The molecule has 92 valence electrons. The number of hydrogen-bond donors (Lipinski definition) is 0. The SMILES string of the molecule is O=Cc1ccc(OCc2ccccc2)c(Cl)c1Cl. The fraction of sp³-hybridized carbons (Fsp3) is 0.0714. The van der Waals surface area contributed by atoms with Gasteiger partial charge in [-0.15, -0.1) is 0 Å². The van der Waals surface area contributed by atoms with Crippen molar-refractivity contribution in [1.29, 1.82) is 0 Å². The molecule has 2 rings (SSSR count). The van der Waals surface area contributed by atoms with E-state index in [4.69, 9.17) is 27.9 Å². The van der Waals surface area contributed by atoms with E-state index in [1.807, 2.05) is 30.3 Å². The molecule has 0 aliphatic heterocycles. The van der Waals surface area contributed by atoms with Crippen molar-refractivity contribution in [3.63, 3.8) is 0 Å². The molecule has 2 aromatic carbocycles. The molecule has 0 unspecified atom stereocenters. The van der Waals surface area contributed by atoms with E-state index in [0.717, 1.165) is 5.56 Å². The first kappa shape index (κ1) is 12.9. The number of hydrogen-bond acceptors (Lipinski definition) is 2. The second-order valence-corrected chi connectivity index (χ2v) is 4.43. The predicted molar refractivity (Wildman–Crippen MR) is 72.6 cm³/mol. The number of carbonyl (C=O) groups excluding carboxylic acids is 1. The van der Waals surface area contributed by atoms with Crippen LogP contribution in [-0.4, -0.2) is 6.29 Å². The molecule has 0 aromatic heterocycles. The highest BCUT2D eigenvalue weighted by atomic mass is 35.5. The third-order valence-corrected chi connectivity index (χ3v) is 3.32. The lowest BCUT2D eigenvalue weighted by molar-refractivity contribution is 0.112. The van der Waals surface area contributed by atoms with Crippen LogP contribution in [0.1, 0.15) is 15.9 Å². The van der Waals surface area contributed by atoms with Gasteiger partial charge in [-0.3, -0.25) is 4.79 Å². The molecule has 2 nitrogen and oxygen atoms in total. The molecule has 0 aliphatic carbocycles. The van der Waals surface area contributed by atoms with Crippen LogP contribution in [0.5, 0.6) is 5.75 Å². The van der Waals surface area contributed by atoms with Crippen molar-refractivity contribution in [2.24, 2.45) is 0 Å². The summed E-state index contributed by atoms with van der Waals surface area (Å²) < 4.78 is 5.57. The zero-order valence-corrected chi connectivity index (χ0v) is 10.9. The number of carbonyl (C=O) groups is 1. The Bertz CT molecular complexity index is 553. The lowest BCUT2D eigenvalue weighted by Gasteiger charge is -2.09. The van der Waals surface area contributed by atoms with Gasteiger partial charge in [-0.05, 0) is 17.7 Å². The monoisotopic (exact) mass is 280 g/mol. The maximum Gasteiger partial charge on any atom is 0.151 e. The van der Waals surface area contributed by atoms with Gasteiger partial charge >= 0.3 is 0 Å². The molecule has 0 atom stereocenters. The van der Waals surface area contributed by atoms with Gasteiger partial charge < -0.3 is 4.74 Å². The van der Waals surface area contributed by atoms with Gasteiger partial charge in [0, 0.05) is 5.56 Å². The number of aldehydes is 1. The van der Waals surface area contributed by atoms with Crippen LogP contribution in [0.4, 0.5) is 0 Å². The molecule has 0 radical (unpaired) electrons. The maximum atomic E-state index is 10.7. The number of ether oxygens (including phenoxy) is 1. The zero-order valence-electron chi connectivity index (χ0n) is 9.40. The van der Waals surface area contributed by atoms with Crippen molar-refractivity contribution in [1.82, 2.24) is 0 Å². The third-order valence-electron chi connectivity index (χ3n) is 2.44. The quantitative estimate of drug-likeness (QED) is 0.777. The summed E-state index contributed by atoms with van der Waals surface area (Å²) >= 11 is 12.0. The largest absolute Gasteiger partial charge is 0.487 e. The molecule has 0 aliphatic rings. The molecule has 0 spiro atoms. The minimum absolute atomic E-state index is 0.220. The Balaban J connectivity index is 2.15. The van der Waals surface area contributed by atoms with E-state index < -0.39 is 0 Å². The van der Waals surface area contributed by atoms with Crippen molar-refractivity contribution in [2.75, 3.05) is 0 Å². The van der Waals surface area contributed by atoms with Gasteiger partial charge in [0.1, 0.15) is 17.4 Å². The molecule has 0 N–H and O–H groups in total. The lowest BCUT2D eigenvalue weighted by Crippen LogP contribution is -1.96. The summed E-state index contributed by atoms with van der Waals surface area (Å²) in [6.07, 6.45) is 0.662. The van der Waals surface area contributed by atoms with E-state index in [1.165, 1.54) is 0 Å². The highest BCUT2D eigenvalue weighted by Gasteiger charge is 2.10. The average molecular weight is 281 g/mol. The second kappa shape index (κ2) is 5.89. The molecule has 0 bridgehead atoms. The molecule has 4 heteroatoms. The Kier molecular flexibility index (Phi) is 4.24. The van der Waals surface area contributed by atoms with Crippen LogP contribution in [0.25, 0.3) is 0 Å². The lowest BCUT2D eigenvalue weighted by atomic mass is 10.2. The molecule has 0 amide bonds. The Morgan fingerprint density at radius 1 is 1.00 bits per heavy atom. The van der Waals surface area contributed by atoms with Gasteiger partial charge in [0.25, 0.3) is 0 Å². The van der Waals surface area contributed by atoms with Crippen LogP contribution in [0.3, 0.4) is 0 Å². The first-order valence-electron chi connectivity index (χ1n) is 5.32. The molecule has 0 saturated carbocycles. The van der Waals surface area contributed by atoms with Crippen molar-refractivity contribution in [2.45, 2.75) is 6.61 Å². The number of benzene rings is 2.